The Bertz CT molecular complexity index is 1780. The van der Waals surface area contributed by atoms with Crippen LogP contribution in [0, 0.1) is 17.2 Å². The number of benzene rings is 2. The van der Waals surface area contributed by atoms with Crippen LogP contribution in [0.25, 0.3) is 23.0 Å². The molecule has 0 N–H and O–H groups in total. The third kappa shape index (κ3) is 6.16. The number of aromatic nitrogens is 2. The summed E-state index contributed by atoms with van der Waals surface area (Å²) in [4.78, 5) is 28.1. The van der Waals surface area contributed by atoms with Crippen molar-refractivity contribution in [3.63, 3.8) is 0 Å². The summed E-state index contributed by atoms with van der Waals surface area (Å²) in [6.45, 7) is 6.90. The van der Waals surface area contributed by atoms with Gasteiger partial charge in [0, 0.05) is 42.5 Å². The first-order chi connectivity index (χ1) is 21.1. The van der Waals surface area contributed by atoms with Gasteiger partial charge in [0.25, 0.3) is 11.8 Å². The minimum atomic E-state index is -3.72. The average Bonchev–Trinajstić information content (AvgIpc) is 3.46. The molecule has 0 radical (unpaired) electrons. The highest BCUT2D eigenvalue weighted by atomic mass is 32.2. The fourth-order valence-electron chi connectivity index (χ4n) is 5.76. The Hall–Kier alpha value is -4.33. The van der Waals surface area contributed by atoms with Crippen molar-refractivity contribution in [3.05, 3.63) is 83.1 Å². The fraction of sp³-hybridized carbons (Fsp3) is 0.353. The maximum atomic E-state index is 13.7. The number of rotatable bonds is 9. The van der Waals surface area contributed by atoms with Gasteiger partial charge in [-0.3, -0.25) is 14.5 Å². The fourth-order valence-corrected chi connectivity index (χ4v) is 7.40. The average molecular weight is 612 g/mol. The molecule has 44 heavy (non-hydrogen) atoms. The van der Waals surface area contributed by atoms with Crippen LogP contribution in [-0.2, 0) is 19.6 Å². The van der Waals surface area contributed by atoms with Crippen molar-refractivity contribution >= 4 is 27.9 Å². The molecule has 2 aromatic carbocycles. The molecule has 5 rings (SSSR count). The van der Waals surface area contributed by atoms with Crippen molar-refractivity contribution in [2.24, 2.45) is 5.92 Å². The minimum Gasteiger partial charge on any atom is -0.274 e. The quantitative estimate of drug-likeness (QED) is 0.173. The highest BCUT2D eigenvalue weighted by Crippen LogP contribution is 2.33. The molecule has 0 bridgehead atoms. The van der Waals surface area contributed by atoms with E-state index in [1.807, 2.05) is 43.3 Å². The molecule has 2 aliphatic heterocycles. The van der Waals surface area contributed by atoms with Gasteiger partial charge in [0.05, 0.1) is 10.6 Å². The van der Waals surface area contributed by atoms with Gasteiger partial charge in [-0.05, 0) is 68.0 Å². The Morgan fingerprint density at radius 1 is 1.07 bits per heavy atom. The van der Waals surface area contributed by atoms with E-state index in [-0.39, 0.29) is 28.5 Å². The number of amides is 2. The van der Waals surface area contributed by atoms with Crippen LogP contribution in [0.1, 0.15) is 58.4 Å². The van der Waals surface area contributed by atoms with Gasteiger partial charge in [0.1, 0.15) is 17.3 Å². The Morgan fingerprint density at radius 2 is 1.84 bits per heavy atom. The van der Waals surface area contributed by atoms with Gasteiger partial charge in [-0.15, -0.1) is 0 Å². The highest BCUT2D eigenvalue weighted by Gasteiger charge is 2.35. The van der Waals surface area contributed by atoms with Crippen LogP contribution in [0.3, 0.4) is 0 Å². The predicted molar refractivity (Wildman–Crippen MR) is 169 cm³/mol. The SMILES string of the molecule is CCCCCN1C(=O)C(C#N)=C(C)/C(=C\c2cn(-c3ccccc3)nc2-c2cccc(S(=O)(=O)N3CCCC(C)C3)c2)C1=O. The van der Waals surface area contributed by atoms with Crippen molar-refractivity contribution in [1.29, 1.82) is 5.26 Å². The van der Waals surface area contributed by atoms with E-state index in [1.54, 1.807) is 52.4 Å². The van der Waals surface area contributed by atoms with Gasteiger partial charge < -0.3 is 0 Å². The summed E-state index contributed by atoms with van der Waals surface area (Å²) in [5.74, 6) is -0.748. The van der Waals surface area contributed by atoms with Crippen LogP contribution in [0.15, 0.2) is 82.4 Å². The summed E-state index contributed by atoms with van der Waals surface area (Å²) >= 11 is 0. The minimum absolute atomic E-state index is 0.0619. The molecule has 1 aromatic heterocycles. The van der Waals surface area contributed by atoms with Crippen LogP contribution >= 0.6 is 0 Å². The van der Waals surface area contributed by atoms with Crippen LogP contribution in [0.2, 0.25) is 0 Å². The molecule has 0 aliphatic carbocycles. The number of nitrogens with zero attached hydrogens (tertiary/aromatic N) is 5. The monoisotopic (exact) mass is 611 g/mol. The van der Waals surface area contributed by atoms with E-state index in [0.29, 0.717) is 41.9 Å². The Balaban J connectivity index is 1.63. The second kappa shape index (κ2) is 13.1. The van der Waals surface area contributed by atoms with E-state index in [9.17, 15) is 23.3 Å². The molecular formula is C34H37N5O4S. The van der Waals surface area contributed by atoms with E-state index in [0.717, 1.165) is 36.3 Å². The van der Waals surface area contributed by atoms with E-state index in [2.05, 4.69) is 6.92 Å². The van der Waals surface area contributed by atoms with E-state index >= 15 is 0 Å². The third-order valence-electron chi connectivity index (χ3n) is 8.24. The lowest BCUT2D eigenvalue weighted by molar-refractivity contribution is -0.140. The summed E-state index contributed by atoms with van der Waals surface area (Å²) in [6.07, 6.45) is 7.68. The predicted octanol–water partition coefficient (Wildman–Crippen LogP) is 5.74. The number of para-hydroxylation sites is 1. The molecule has 1 fully saturated rings. The number of hydrogen-bond acceptors (Lipinski definition) is 6. The first-order valence-electron chi connectivity index (χ1n) is 15.1. The molecule has 1 unspecified atom stereocenters. The van der Waals surface area contributed by atoms with Gasteiger partial charge in [-0.2, -0.15) is 14.7 Å². The summed E-state index contributed by atoms with van der Waals surface area (Å²) < 4.78 is 30.5. The zero-order valence-corrected chi connectivity index (χ0v) is 26.2. The van der Waals surface area contributed by atoms with Crippen molar-refractivity contribution in [2.75, 3.05) is 19.6 Å². The van der Waals surface area contributed by atoms with E-state index < -0.39 is 21.8 Å². The smallest absolute Gasteiger partial charge is 0.271 e. The van der Waals surface area contributed by atoms with Crippen molar-refractivity contribution in [1.82, 2.24) is 19.0 Å². The summed E-state index contributed by atoms with van der Waals surface area (Å²) in [5, 5.41) is 14.7. The maximum absolute atomic E-state index is 13.7. The summed E-state index contributed by atoms with van der Waals surface area (Å²) in [6, 6.07) is 18.2. The van der Waals surface area contributed by atoms with Crippen molar-refractivity contribution < 1.29 is 18.0 Å². The number of sulfonamides is 1. The number of piperidine rings is 1. The van der Waals surface area contributed by atoms with E-state index in [4.69, 9.17) is 5.10 Å². The van der Waals surface area contributed by atoms with Crippen LogP contribution in [0.5, 0.6) is 0 Å². The standard InChI is InChI=1S/C34H37N5O4S/c1-4-5-9-18-38-33(40)30(25(3)31(21-35)34(38)41)20-27-23-39(28-14-7-6-8-15-28)36-32(27)26-13-10-16-29(19-26)44(42,43)37-17-11-12-24(2)22-37/h6-8,10,13-16,19-20,23-24H,4-5,9,11-12,17-18,22H2,1-3H3/b30-20+. The van der Waals surface area contributed by atoms with E-state index in [1.165, 1.54) is 0 Å². The molecule has 0 saturated carbocycles. The number of nitriles is 1. The highest BCUT2D eigenvalue weighted by molar-refractivity contribution is 7.89. The molecule has 10 heteroatoms. The largest absolute Gasteiger partial charge is 0.274 e. The summed E-state index contributed by atoms with van der Waals surface area (Å²) in [5.41, 5.74) is 2.85. The third-order valence-corrected chi connectivity index (χ3v) is 10.1. The number of unbranched alkanes of at least 4 members (excludes halogenated alkanes) is 2. The van der Waals surface area contributed by atoms with Crippen molar-refractivity contribution in [3.8, 4) is 23.0 Å². The molecule has 1 atom stereocenters. The lowest BCUT2D eigenvalue weighted by Gasteiger charge is -2.30. The van der Waals surface area contributed by atoms with Crippen LogP contribution in [-0.4, -0.2) is 58.9 Å². The zero-order valence-electron chi connectivity index (χ0n) is 25.4. The van der Waals surface area contributed by atoms with Crippen molar-refractivity contribution in [2.45, 2.75) is 57.8 Å². The topological polar surface area (TPSA) is 116 Å². The number of carbonyl (C=O) groups is 2. The van der Waals surface area contributed by atoms with Gasteiger partial charge >= 0.3 is 0 Å². The molecule has 3 aromatic rings. The molecular weight excluding hydrogens is 574 g/mol. The maximum Gasteiger partial charge on any atom is 0.271 e. The number of imide groups is 1. The first-order valence-corrected chi connectivity index (χ1v) is 16.5. The molecule has 0 spiro atoms. The Labute approximate surface area is 259 Å². The van der Waals surface area contributed by atoms with Gasteiger partial charge in [-0.1, -0.05) is 57.0 Å². The molecule has 228 valence electrons. The Morgan fingerprint density at radius 3 is 2.55 bits per heavy atom. The normalized spacial score (nSPS) is 19.1. The first kappa shape index (κ1) is 31.1. The molecule has 9 nitrogen and oxygen atoms in total. The lowest BCUT2D eigenvalue weighted by Crippen LogP contribution is -2.43. The zero-order chi connectivity index (χ0) is 31.4. The van der Waals surface area contributed by atoms with Gasteiger partial charge in [0.15, 0.2) is 0 Å². The molecule has 2 amide bonds. The van der Waals surface area contributed by atoms with Crippen LogP contribution < -0.4 is 0 Å². The lowest BCUT2D eigenvalue weighted by atomic mass is 9.93. The Kier molecular flexibility index (Phi) is 9.28. The van der Waals surface area contributed by atoms with Crippen LogP contribution in [0.4, 0.5) is 0 Å². The number of hydrogen-bond donors (Lipinski definition) is 0. The van der Waals surface area contributed by atoms with Gasteiger partial charge in [0.2, 0.25) is 10.0 Å². The second-order valence-corrected chi connectivity index (χ2v) is 13.4. The molecule has 1 saturated heterocycles. The molecule has 3 heterocycles. The second-order valence-electron chi connectivity index (χ2n) is 11.5. The van der Waals surface area contributed by atoms with Gasteiger partial charge in [-0.25, -0.2) is 13.1 Å². The summed E-state index contributed by atoms with van der Waals surface area (Å²) in [7, 11) is -3.72. The molecule has 2 aliphatic rings. The number of carbonyl (C=O) groups excluding carboxylic acids is 2.